The summed E-state index contributed by atoms with van der Waals surface area (Å²) >= 11 is 0. The molecule has 0 aliphatic carbocycles. The van der Waals surface area contributed by atoms with Gasteiger partial charge in [0.2, 0.25) is 0 Å². The van der Waals surface area contributed by atoms with Gasteiger partial charge in [-0.1, -0.05) is 152 Å². The maximum absolute atomic E-state index is 12.5. The van der Waals surface area contributed by atoms with Gasteiger partial charge >= 0.3 is 6.09 Å². The summed E-state index contributed by atoms with van der Waals surface area (Å²) < 4.78 is 23.3. The van der Waals surface area contributed by atoms with Crippen LogP contribution in [0.15, 0.2) is 78.9 Å². The molecule has 6 nitrogen and oxygen atoms in total. The van der Waals surface area contributed by atoms with Crippen LogP contribution >= 0.6 is 0 Å². The molecule has 1 amide bonds. The Morgan fingerprint density at radius 1 is 0.511 bits per heavy atom. The van der Waals surface area contributed by atoms with Crippen LogP contribution in [0.5, 0.6) is 17.2 Å². The van der Waals surface area contributed by atoms with E-state index in [-0.39, 0.29) is 6.61 Å². The van der Waals surface area contributed by atoms with Gasteiger partial charge in [-0.05, 0) is 24.1 Å². The van der Waals surface area contributed by atoms with Crippen molar-refractivity contribution in [1.29, 1.82) is 0 Å². The predicted octanol–water partition coefficient (Wildman–Crippen LogP) is 11.9. The number of carbonyl (C=O) groups is 1. The number of rotatable bonds is 27. The Bertz CT molecular complexity index is 1190. The first-order valence-electron chi connectivity index (χ1n) is 18.3. The number of para-hydroxylation sites is 1. The molecule has 0 fully saturated rings. The molecule has 1 N–H and O–H groups in total. The van der Waals surface area contributed by atoms with Crippen molar-refractivity contribution in [3.63, 3.8) is 0 Å². The molecule has 0 aliphatic heterocycles. The fourth-order valence-electron chi connectivity index (χ4n) is 5.48. The van der Waals surface area contributed by atoms with E-state index in [2.05, 4.69) is 12.2 Å². The molecular weight excluding hydrogens is 586 g/mol. The Hall–Kier alpha value is -3.67. The van der Waals surface area contributed by atoms with Gasteiger partial charge < -0.3 is 18.9 Å². The van der Waals surface area contributed by atoms with Crippen LogP contribution in [0.3, 0.4) is 0 Å². The van der Waals surface area contributed by atoms with Gasteiger partial charge in [0.05, 0.1) is 25.5 Å². The lowest BCUT2D eigenvalue weighted by Gasteiger charge is -2.14. The van der Waals surface area contributed by atoms with E-state index in [1.807, 2.05) is 72.8 Å². The van der Waals surface area contributed by atoms with Crippen molar-refractivity contribution in [3.05, 3.63) is 84.4 Å². The highest BCUT2D eigenvalue weighted by atomic mass is 16.5. The minimum atomic E-state index is -0.522. The zero-order valence-corrected chi connectivity index (χ0v) is 28.9. The highest BCUT2D eigenvalue weighted by Gasteiger charge is 2.09. The molecule has 0 radical (unpaired) electrons. The average Bonchev–Trinajstić information content (AvgIpc) is 3.09. The van der Waals surface area contributed by atoms with E-state index in [9.17, 15) is 4.79 Å². The zero-order valence-electron chi connectivity index (χ0n) is 28.9. The Balaban J connectivity index is 1.32. The molecule has 3 aromatic rings. The molecule has 0 atom stereocenters. The van der Waals surface area contributed by atoms with E-state index < -0.39 is 6.09 Å². The third-order valence-corrected chi connectivity index (χ3v) is 8.18. The van der Waals surface area contributed by atoms with Crippen LogP contribution in [-0.2, 0) is 11.3 Å². The molecule has 3 aromatic carbocycles. The molecule has 6 heteroatoms. The Kier molecular flexibility index (Phi) is 20.4. The number of carbonyl (C=O) groups excluding carboxylic acids is 1. The topological polar surface area (TPSA) is 66.0 Å². The van der Waals surface area contributed by atoms with Crippen molar-refractivity contribution >= 4 is 11.8 Å². The van der Waals surface area contributed by atoms with Crippen LogP contribution < -0.4 is 19.5 Å². The second-order valence-corrected chi connectivity index (χ2v) is 12.4. The highest BCUT2D eigenvalue weighted by molar-refractivity contribution is 5.85. The molecule has 0 saturated heterocycles. The lowest BCUT2D eigenvalue weighted by Crippen LogP contribution is -2.14. The SMILES string of the molecule is CCCCCCCCCCCCCCCCCCOc1cc(NC(=O)OCc2ccccc2)cc(OCCCOc2ccccc2)c1. The van der Waals surface area contributed by atoms with Gasteiger partial charge in [0.25, 0.3) is 0 Å². The van der Waals surface area contributed by atoms with Crippen LogP contribution in [0.4, 0.5) is 10.5 Å². The monoisotopic (exact) mass is 645 g/mol. The van der Waals surface area contributed by atoms with Gasteiger partial charge in [0, 0.05) is 24.6 Å². The van der Waals surface area contributed by atoms with E-state index in [4.69, 9.17) is 18.9 Å². The fourth-order valence-corrected chi connectivity index (χ4v) is 5.48. The Morgan fingerprint density at radius 2 is 0.957 bits per heavy atom. The molecule has 0 bridgehead atoms. The molecule has 0 heterocycles. The smallest absolute Gasteiger partial charge is 0.411 e. The summed E-state index contributed by atoms with van der Waals surface area (Å²) in [7, 11) is 0. The van der Waals surface area contributed by atoms with Crippen molar-refractivity contribution in [3.8, 4) is 17.2 Å². The summed E-state index contributed by atoms with van der Waals surface area (Å²) in [6.07, 6.45) is 21.6. The Morgan fingerprint density at radius 3 is 1.49 bits per heavy atom. The van der Waals surface area contributed by atoms with Crippen molar-refractivity contribution < 1.29 is 23.7 Å². The predicted molar refractivity (Wildman–Crippen MR) is 194 cm³/mol. The standard InChI is InChI=1S/C41H59NO5/c1-2-3-4-5-6-7-8-9-10-11-12-13-14-15-16-23-29-45-39-32-37(42-41(43)47-35-36-25-19-17-20-26-36)33-40(34-39)46-31-24-30-44-38-27-21-18-22-28-38/h17-22,25-28,32-34H,2-16,23-24,29-31,35H2,1H3,(H,42,43). The first kappa shape index (κ1) is 37.8. The van der Waals surface area contributed by atoms with E-state index in [0.717, 1.165) is 30.6 Å². The summed E-state index contributed by atoms with van der Waals surface area (Å²) in [5, 5.41) is 2.83. The molecule has 0 spiro atoms. The molecule has 0 saturated carbocycles. The number of unbranched alkanes of at least 4 members (excludes halogenated alkanes) is 15. The molecule has 258 valence electrons. The number of nitrogens with one attached hydrogen (secondary N) is 1. The van der Waals surface area contributed by atoms with Gasteiger partial charge in [-0.15, -0.1) is 0 Å². The second-order valence-electron chi connectivity index (χ2n) is 12.4. The number of hydrogen-bond donors (Lipinski definition) is 1. The molecule has 0 aromatic heterocycles. The fraction of sp³-hybridized carbons (Fsp3) is 0.537. The third kappa shape index (κ3) is 18.9. The average molecular weight is 646 g/mol. The molecule has 0 aliphatic rings. The normalized spacial score (nSPS) is 10.8. The first-order chi connectivity index (χ1) is 23.2. The zero-order chi connectivity index (χ0) is 33.0. The molecule has 3 rings (SSSR count). The second kappa shape index (κ2) is 25.4. The van der Waals surface area contributed by atoms with E-state index in [0.29, 0.717) is 37.0 Å². The summed E-state index contributed by atoms with van der Waals surface area (Å²) in [4.78, 5) is 12.5. The lowest BCUT2D eigenvalue weighted by molar-refractivity contribution is 0.155. The van der Waals surface area contributed by atoms with Gasteiger partial charge in [-0.25, -0.2) is 4.79 Å². The summed E-state index contributed by atoms with van der Waals surface area (Å²) in [6.45, 7) is 4.14. The minimum Gasteiger partial charge on any atom is -0.493 e. The minimum absolute atomic E-state index is 0.201. The summed E-state index contributed by atoms with van der Waals surface area (Å²) in [5.74, 6) is 2.15. The lowest BCUT2D eigenvalue weighted by atomic mass is 10.0. The van der Waals surface area contributed by atoms with Crippen molar-refractivity contribution in [2.45, 2.75) is 123 Å². The van der Waals surface area contributed by atoms with Gasteiger partial charge in [0.1, 0.15) is 23.9 Å². The van der Waals surface area contributed by atoms with Gasteiger partial charge in [-0.2, -0.15) is 0 Å². The van der Waals surface area contributed by atoms with Crippen LogP contribution in [0, 0.1) is 0 Å². The van der Waals surface area contributed by atoms with E-state index in [1.165, 1.54) is 89.9 Å². The summed E-state index contributed by atoms with van der Waals surface area (Å²) in [5.41, 5.74) is 1.50. The van der Waals surface area contributed by atoms with Crippen LogP contribution in [0.2, 0.25) is 0 Å². The maximum atomic E-state index is 12.5. The van der Waals surface area contributed by atoms with Crippen molar-refractivity contribution in [2.75, 3.05) is 25.1 Å². The van der Waals surface area contributed by atoms with E-state index in [1.54, 1.807) is 6.07 Å². The van der Waals surface area contributed by atoms with Gasteiger partial charge in [-0.3, -0.25) is 5.32 Å². The largest absolute Gasteiger partial charge is 0.493 e. The van der Waals surface area contributed by atoms with Crippen molar-refractivity contribution in [2.24, 2.45) is 0 Å². The third-order valence-electron chi connectivity index (χ3n) is 8.18. The molecule has 47 heavy (non-hydrogen) atoms. The van der Waals surface area contributed by atoms with E-state index >= 15 is 0 Å². The number of amides is 1. The first-order valence-corrected chi connectivity index (χ1v) is 18.3. The maximum Gasteiger partial charge on any atom is 0.411 e. The van der Waals surface area contributed by atoms with Crippen LogP contribution in [-0.4, -0.2) is 25.9 Å². The molecular formula is C41H59NO5. The van der Waals surface area contributed by atoms with Gasteiger partial charge in [0.15, 0.2) is 0 Å². The van der Waals surface area contributed by atoms with Crippen LogP contribution in [0.1, 0.15) is 122 Å². The number of benzene rings is 3. The molecule has 0 unspecified atom stereocenters. The van der Waals surface area contributed by atoms with Crippen molar-refractivity contribution in [1.82, 2.24) is 0 Å². The Labute approximate surface area is 284 Å². The summed E-state index contributed by atoms with van der Waals surface area (Å²) in [6, 6.07) is 24.9. The highest BCUT2D eigenvalue weighted by Crippen LogP contribution is 2.27. The number of anilines is 1. The van der Waals surface area contributed by atoms with Crippen LogP contribution in [0.25, 0.3) is 0 Å². The number of hydrogen-bond acceptors (Lipinski definition) is 5. The number of ether oxygens (including phenoxy) is 4. The quantitative estimate of drug-likeness (QED) is 0.0836.